The topological polar surface area (TPSA) is 47.9 Å². The normalized spacial score (nSPS) is 16.9. The Kier molecular flexibility index (Phi) is 3.44. The standard InChI is InChI=1S/C12H10ClNO3/c1-2-16-7-10-12(15)17-11(14-10)8-3-5-9(13)6-4-8/h3-7H,2H2,1H3/b10-7-. The van der Waals surface area contributed by atoms with E-state index in [1.165, 1.54) is 6.26 Å². The van der Waals surface area contributed by atoms with Gasteiger partial charge in [-0.3, -0.25) is 0 Å². The van der Waals surface area contributed by atoms with Crippen molar-refractivity contribution < 1.29 is 14.3 Å². The van der Waals surface area contributed by atoms with Crippen LogP contribution in [0.4, 0.5) is 0 Å². The fourth-order valence-corrected chi connectivity index (χ4v) is 1.40. The molecule has 1 aromatic carbocycles. The number of carbonyl (C=O) groups is 1. The molecule has 4 nitrogen and oxygen atoms in total. The van der Waals surface area contributed by atoms with Gasteiger partial charge in [-0.15, -0.1) is 0 Å². The molecule has 5 heteroatoms. The minimum atomic E-state index is -0.511. The third-order valence-electron chi connectivity index (χ3n) is 2.07. The molecule has 2 rings (SSSR count). The highest BCUT2D eigenvalue weighted by Crippen LogP contribution is 2.18. The Balaban J connectivity index is 2.24. The highest BCUT2D eigenvalue weighted by atomic mass is 35.5. The van der Waals surface area contributed by atoms with Crippen molar-refractivity contribution in [3.63, 3.8) is 0 Å². The second kappa shape index (κ2) is 5.01. The van der Waals surface area contributed by atoms with Gasteiger partial charge in [-0.2, -0.15) is 0 Å². The van der Waals surface area contributed by atoms with Crippen LogP contribution in [0.2, 0.25) is 5.02 Å². The molecule has 0 spiro atoms. The Bertz CT molecular complexity index is 491. The summed E-state index contributed by atoms with van der Waals surface area (Å²) < 4.78 is 10.0. The van der Waals surface area contributed by atoms with Crippen molar-refractivity contribution in [1.29, 1.82) is 0 Å². The lowest BCUT2D eigenvalue weighted by molar-refractivity contribution is -0.130. The molecule has 0 unspecified atom stereocenters. The SMILES string of the molecule is CCO/C=C1\N=C(c2ccc(Cl)cc2)OC1=O. The zero-order valence-electron chi connectivity index (χ0n) is 9.14. The van der Waals surface area contributed by atoms with Gasteiger partial charge in [-0.1, -0.05) is 11.6 Å². The van der Waals surface area contributed by atoms with E-state index >= 15 is 0 Å². The van der Waals surface area contributed by atoms with E-state index in [1.807, 2.05) is 6.92 Å². The second-order valence-corrected chi connectivity index (χ2v) is 3.71. The first-order chi connectivity index (χ1) is 8.20. The van der Waals surface area contributed by atoms with Gasteiger partial charge in [0.25, 0.3) is 0 Å². The van der Waals surface area contributed by atoms with Crippen molar-refractivity contribution >= 4 is 23.5 Å². The lowest BCUT2D eigenvalue weighted by Crippen LogP contribution is -2.05. The molecule has 0 amide bonds. The molecule has 1 heterocycles. The Morgan fingerprint density at radius 2 is 2.12 bits per heavy atom. The van der Waals surface area contributed by atoms with Crippen molar-refractivity contribution in [1.82, 2.24) is 0 Å². The van der Waals surface area contributed by atoms with Crippen LogP contribution in [0.15, 0.2) is 41.2 Å². The molecule has 17 heavy (non-hydrogen) atoms. The highest BCUT2D eigenvalue weighted by Gasteiger charge is 2.24. The van der Waals surface area contributed by atoms with E-state index in [0.29, 0.717) is 17.2 Å². The van der Waals surface area contributed by atoms with E-state index in [9.17, 15) is 4.79 Å². The Hall–Kier alpha value is -1.81. The highest BCUT2D eigenvalue weighted by molar-refractivity contribution is 6.30. The van der Waals surface area contributed by atoms with Crippen molar-refractivity contribution in [3.8, 4) is 0 Å². The number of esters is 1. The number of carbonyl (C=O) groups excluding carboxylic acids is 1. The van der Waals surface area contributed by atoms with E-state index in [4.69, 9.17) is 21.1 Å². The lowest BCUT2D eigenvalue weighted by atomic mass is 10.2. The minimum Gasteiger partial charge on any atom is -0.499 e. The van der Waals surface area contributed by atoms with Gasteiger partial charge in [0.05, 0.1) is 6.61 Å². The summed E-state index contributed by atoms with van der Waals surface area (Å²) in [6.45, 7) is 2.30. The van der Waals surface area contributed by atoms with Crippen molar-refractivity contribution in [2.75, 3.05) is 6.61 Å². The summed E-state index contributed by atoms with van der Waals surface area (Å²) in [4.78, 5) is 15.5. The number of ether oxygens (including phenoxy) is 2. The van der Waals surface area contributed by atoms with Crippen LogP contribution in [0.25, 0.3) is 0 Å². The zero-order chi connectivity index (χ0) is 12.3. The first-order valence-corrected chi connectivity index (χ1v) is 5.47. The maximum absolute atomic E-state index is 11.4. The number of hydrogen-bond acceptors (Lipinski definition) is 4. The van der Waals surface area contributed by atoms with Gasteiger partial charge in [0.2, 0.25) is 5.90 Å². The summed E-state index contributed by atoms with van der Waals surface area (Å²) in [7, 11) is 0. The van der Waals surface area contributed by atoms with E-state index in [0.717, 1.165) is 0 Å². The second-order valence-electron chi connectivity index (χ2n) is 3.27. The number of benzene rings is 1. The van der Waals surface area contributed by atoms with Crippen LogP contribution in [0.3, 0.4) is 0 Å². The summed E-state index contributed by atoms with van der Waals surface area (Å²) in [5, 5.41) is 0.615. The number of rotatable bonds is 3. The summed E-state index contributed by atoms with van der Waals surface area (Å²) in [6.07, 6.45) is 1.30. The molecule has 0 saturated carbocycles. The molecule has 0 N–H and O–H groups in total. The van der Waals surface area contributed by atoms with Crippen LogP contribution in [0.5, 0.6) is 0 Å². The average Bonchev–Trinajstić information content (AvgIpc) is 2.69. The van der Waals surface area contributed by atoms with Crippen LogP contribution in [0.1, 0.15) is 12.5 Å². The van der Waals surface area contributed by atoms with Gasteiger partial charge in [-0.25, -0.2) is 9.79 Å². The summed E-state index contributed by atoms with van der Waals surface area (Å²) in [5.74, 6) is -0.249. The van der Waals surface area contributed by atoms with Crippen molar-refractivity contribution in [2.45, 2.75) is 6.92 Å². The molecule has 88 valence electrons. The van der Waals surface area contributed by atoms with Crippen molar-refractivity contribution in [3.05, 3.63) is 46.8 Å². The first kappa shape index (κ1) is 11.7. The van der Waals surface area contributed by atoms with Gasteiger partial charge < -0.3 is 9.47 Å². The van der Waals surface area contributed by atoms with Gasteiger partial charge in [-0.05, 0) is 31.2 Å². The molecule has 0 radical (unpaired) electrons. The van der Waals surface area contributed by atoms with Crippen LogP contribution in [-0.2, 0) is 14.3 Å². The smallest absolute Gasteiger partial charge is 0.367 e. The molecule has 1 aliphatic heterocycles. The quantitative estimate of drug-likeness (QED) is 0.471. The van der Waals surface area contributed by atoms with Crippen LogP contribution in [-0.4, -0.2) is 18.5 Å². The largest absolute Gasteiger partial charge is 0.499 e. The maximum atomic E-state index is 11.4. The molecule has 0 aliphatic carbocycles. The van der Waals surface area contributed by atoms with Crippen LogP contribution < -0.4 is 0 Å². The third kappa shape index (κ3) is 2.65. The Labute approximate surface area is 104 Å². The van der Waals surface area contributed by atoms with E-state index in [2.05, 4.69) is 4.99 Å². The predicted octanol–water partition coefficient (Wildman–Crippen LogP) is 2.52. The summed E-state index contributed by atoms with van der Waals surface area (Å²) in [5.41, 5.74) is 0.861. The number of aliphatic imine (C=N–C) groups is 1. The first-order valence-electron chi connectivity index (χ1n) is 5.09. The van der Waals surface area contributed by atoms with E-state index in [-0.39, 0.29) is 11.6 Å². The molecule has 0 fully saturated rings. The van der Waals surface area contributed by atoms with Gasteiger partial charge >= 0.3 is 5.97 Å². The monoisotopic (exact) mass is 251 g/mol. The predicted molar refractivity (Wildman–Crippen MR) is 63.8 cm³/mol. The number of cyclic esters (lactones) is 1. The maximum Gasteiger partial charge on any atom is 0.367 e. The lowest BCUT2D eigenvalue weighted by Gasteiger charge is -1.98. The third-order valence-corrected chi connectivity index (χ3v) is 2.33. The molecule has 0 aromatic heterocycles. The average molecular weight is 252 g/mol. The molecule has 1 aliphatic rings. The number of halogens is 1. The Morgan fingerprint density at radius 3 is 2.76 bits per heavy atom. The van der Waals surface area contributed by atoms with E-state index < -0.39 is 5.97 Å². The van der Waals surface area contributed by atoms with Gasteiger partial charge in [0.1, 0.15) is 6.26 Å². The molecule has 0 bridgehead atoms. The van der Waals surface area contributed by atoms with Gasteiger partial charge in [0.15, 0.2) is 5.70 Å². The fraction of sp³-hybridized carbons (Fsp3) is 0.167. The van der Waals surface area contributed by atoms with Gasteiger partial charge in [0, 0.05) is 10.6 Å². The zero-order valence-corrected chi connectivity index (χ0v) is 9.90. The molecular formula is C12H10ClNO3. The minimum absolute atomic E-state index is 0.164. The van der Waals surface area contributed by atoms with E-state index in [1.54, 1.807) is 24.3 Å². The van der Waals surface area contributed by atoms with Crippen LogP contribution >= 0.6 is 11.6 Å². The molecule has 0 atom stereocenters. The summed E-state index contributed by atoms with van der Waals surface area (Å²) in [6, 6.07) is 6.88. The molecule has 0 saturated heterocycles. The molecular weight excluding hydrogens is 242 g/mol. The Morgan fingerprint density at radius 1 is 1.41 bits per heavy atom. The summed E-state index contributed by atoms with van der Waals surface area (Å²) >= 11 is 5.77. The molecule has 1 aromatic rings. The van der Waals surface area contributed by atoms with Crippen molar-refractivity contribution in [2.24, 2.45) is 4.99 Å². The number of hydrogen-bond donors (Lipinski definition) is 0. The fourth-order valence-electron chi connectivity index (χ4n) is 1.27. The number of nitrogens with zero attached hydrogens (tertiary/aromatic N) is 1. The van der Waals surface area contributed by atoms with Crippen LogP contribution in [0, 0.1) is 0 Å².